The average Bonchev–Trinajstić information content (AvgIpc) is 3.49. The normalized spacial score (nSPS) is 22.6. The molecule has 0 radical (unpaired) electrons. The third-order valence-electron chi connectivity index (χ3n) is 6.93. The molecule has 1 aliphatic carbocycles. The van der Waals surface area contributed by atoms with E-state index >= 15 is 0 Å². The molecular formula is C25H32N6O6S2. The van der Waals surface area contributed by atoms with Crippen LogP contribution in [0, 0.1) is 0 Å². The smallest absolute Gasteiger partial charge is 0.280 e. The zero-order valence-electron chi connectivity index (χ0n) is 21.9. The molecule has 0 aromatic carbocycles. The number of nitrogens with one attached hydrogen (secondary N) is 1. The predicted octanol–water partition coefficient (Wildman–Crippen LogP) is 1.68. The molecule has 14 heteroatoms. The van der Waals surface area contributed by atoms with Gasteiger partial charge in [-0.25, -0.2) is 18.4 Å². The Hall–Kier alpha value is -2.94. The molecule has 2 aliphatic heterocycles. The van der Waals surface area contributed by atoms with Crippen LogP contribution in [0.25, 0.3) is 0 Å². The second kappa shape index (κ2) is 11.7. The van der Waals surface area contributed by atoms with Gasteiger partial charge in [0.15, 0.2) is 31.8 Å². The van der Waals surface area contributed by atoms with Crippen molar-refractivity contribution in [2.24, 2.45) is 5.16 Å². The fourth-order valence-corrected chi connectivity index (χ4v) is 7.05. The Labute approximate surface area is 231 Å². The number of thiazole rings is 1. The monoisotopic (exact) mass is 576 g/mol. The van der Waals surface area contributed by atoms with E-state index in [2.05, 4.69) is 25.3 Å². The Morgan fingerprint density at radius 2 is 2.03 bits per heavy atom. The van der Waals surface area contributed by atoms with Crippen LogP contribution in [0.15, 0.2) is 34.7 Å². The number of sulfone groups is 1. The second-order valence-corrected chi connectivity index (χ2v) is 13.3. The maximum atomic E-state index is 13.3. The van der Waals surface area contributed by atoms with Gasteiger partial charge in [-0.2, -0.15) is 0 Å². The number of carbonyl (C=O) groups is 2. The molecule has 210 valence electrons. The molecule has 2 atom stereocenters. The molecule has 2 aromatic rings. The summed E-state index contributed by atoms with van der Waals surface area (Å²) >= 11 is 1.36. The molecule has 12 nitrogen and oxygen atoms in total. The summed E-state index contributed by atoms with van der Waals surface area (Å²) in [5, 5.41) is 6.92. The molecule has 5 rings (SSSR count). The number of amides is 2. The van der Waals surface area contributed by atoms with E-state index in [0.717, 1.165) is 18.0 Å². The number of hydrogen-bond donors (Lipinski definition) is 1. The molecule has 39 heavy (non-hydrogen) atoms. The first-order valence-electron chi connectivity index (χ1n) is 13.0. The highest BCUT2D eigenvalue weighted by Gasteiger charge is 2.38. The van der Waals surface area contributed by atoms with Gasteiger partial charge in [0.05, 0.1) is 18.5 Å². The Morgan fingerprint density at radius 3 is 2.67 bits per heavy atom. The number of aromatic nitrogens is 2. The number of carbonyl (C=O) groups excluding carboxylic acids is 2. The van der Waals surface area contributed by atoms with Crippen molar-refractivity contribution in [3.8, 4) is 0 Å². The summed E-state index contributed by atoms with van der Waals surface area (Å²) in [7, 11) is -3.45. The standard InChI is InChI=1S/C25H32N6O6S2/c1-16-13-30(8-9-31(16)17(2)32)14-20-12-27-25(38-20)28-24(33)23(29-37-19-7-10-36-15-19)18-3-6-22(26-11-18)39(34,35)21-4-5-21/h3,6,11-12,16,19,21H,4-5,7-10,13-15H2,1-2H3,(H,27,28,33)/t16-,19+/m0/s1. The summed E-state index contributed by atoms with van der Waals surface area (Å²) in [6.45, 7) is 7.44. The molecule has 0 spiro atoms. The minimum absolute atomic E-state index is 0.0124. The van der Waals surface area contributed by atoms with E-state index in [-0.39, 0.29) is 34.0 Å². The Kier molecular flexibility index (Phi) is 8.26. The number of piperazine rings is 1. The van der Waals surface area contributed by atoms with Gasteiger partial charge in [0.1, 0.15) is 0 Å². The van der Waals surface area contributed by atoms with Crippen LogP contribution in [-0.4, -0.2) is 96.0 Å². The molecule has 1 saturated carbocycles. The zero-order valence-corrected chi connectivity index (χ0v) is 23.5. The highest BCUT2D eigenvalue weighted by Crippen LogP contribution is 2.32. The maximum absolute atomic E-state index is 13.3. The molecule has 2 aromatic heterocycles. The quantitative estimate of drug-likeness (QED) is 0.348. The van der Waals surface area contributed by atoms with Gasteiger partial charge >= 0.3 is 0 Å². The van der Waals surface area contributed by atoms with Crippen LogP contribution in [0.5, 0.6) is 0 Å². The molecule has 3 aliphatic rings. The number of oxime groups is 1. The largest absolute Gasteiger partial charge is 0.389 e. The van der Waals surface area contributed by atoms with Crippen LogP contribution < -0.4 is 5.32 Å². The van der Waals surface area contributed by atoms with Gasteiger partial charge in [-0.1, -0.05) is 5.16 Å². The van der Waals surface area contributed by atoms with E-state index in [1.165, 1.54) is 29.7 Å². The van der Waals surface area contributed by atoms with Crippen molar-refractivity contribution >= 4 is 43.8 Å². The zero-order chi connectivity index (χ0) is 27.6. The third kappa shape index (κ3) is 6.62. The molecular weight excluding hydrogens is 544 g/mol. The number of ether oxygens (including phenoxy) is 1. The number of rotatable bonds is 9. The lowest BCUT2D eigenvalue weighted by Gasteiger charge is -2.39. The van der Waals surface area contributed by atoms with Crippen molar-refractivity contribution in [1.29, 1.82) is 0 Å². The summed E-state index contributed by atoms with van der Waals surface area (Å²) in [5.74, 6) is -0.459. The summed E-state index contributed by atoms with van der Waals surface area (Å²) in [5.41, 5.74) is 0.297. The molecule has 2 amide bonds. The van der Waals surface area contributed by atoms with Crippen LogP contribution in [0.4, 0.5) is 5.13 Å². The van der Waals surface area contributed by atoms with Crippen molar-refractivity contribution < 1.29 is 27.6 Å². The number of anilines is 1. The van der Waals surface area contributed by atoms with Gasteiger partial charge in [0.2, 0.25) is 5.91 Å². The van der Waals surface area contributed by atoms with E-state index in [9.17, 15) is 18.0 Å². The van der Waals surface area contributed by atoms with E-state index in [0.29, 0.717) is 56.3 Å². The van der Waals surface area contributed by atoms with Crippen LogP contribution in [0.1, 0.15) is 43.6 Å². The Balaban J connectivity index is 1.27. The van der Waals surface area contributed by atoms with Crippen LogP contribution in [-0.2, 0) is 35.5 Å². The van der Waals surface area contributed by atoms with Gasteiger partial charge in [-0.3, -0.25) is 19.8 Å². The summed E-state index contributed by atoms with van der Waals surface area (Å²) in [6, 6.07) is 3.05. The van der Waals surface area contributed by atoms with Crippen molar-refractivity contribution in [2.45, 2.75) is 62.1 Å². The number of pyridine rings is 1. The van der Waals surface area contributed by atoms with Gasteiger partial charge < -0.3 is 14.5 Å². The minimum Gasteiger partial charge on any atom is -0.389 e. The molecule has 4 heterocycles. The lowest BCUT2D eigenvalue weighted by Crippen LogP contribution is -2.52. The third-order valence-corrected chi connectivity index (χ3v) is 10.0. The van der Waals surface area contributed by atoms with Crippen molar-refractivity contribution in [1.82, 2.24) is 19.8 Å². The van der Waals surface area contributed by atoms with E-state index in [1.807, 2.05) is 11.8 Å². The highest BCUT2D eigenvalue weighted by atomic mass is 32.2. The fraction of sp³-hybridized carbons (Fsp3) is 0.560. The Bertz CT molecular complexity index is 1340. The summed E-state index contributed by atoms with van der Waals surface area (Å²) < 4.78 is 30.4. The van der Waals surface area contributed by atoms with Crippen LogP contribution in [0.2, 0.25) is 0 Å². The first-order valence-corrected chi connectivity index (χ1v) is 15.3. The van der Waals surface area contributed by atoms with Crippen molar-refractivity contribution in [3.63, 3.8) is 0 Å². The fourth-order valence-electron chi connectivity index (χ4n) is 4.65. The van der Waals surface area contributed by atoms with E-state index in [1.54, 1.807) is 13.1 Å². The van der Waals surface area contributed by atoms with Crippen molar-refractivity contribution in [2.75, 3.05) is 38.2 Å². The SMILES string of the molecule is CC(=O)N1CCN(Cc2cnc(NC(=O)C(=NO[C@@H]3CCOC3)c3ccc(S(=O)(=O)C4CC4)nc3)s2)C[C@@H]1C. The molecule has 3 fully saturated rings. The minimum atomic E-state index is -3.45. The van der Waals surface area contributed by atoms with E-state index < -0.39 is 15.7 Å². The van der Waals surface area contributed by atoms with Gasteiger partial charge in [0.25, 0.3) is 5.91 Å². The van der Waals surface area contributed by atoms with E-state index in [4.69, 9.17) is 9.57 Å². The Morgan fingerprint density at radius 1 is 1.21 bits per heavy atom. The molecule has 2 saturated heterocycles. The topological polar surface area (TPSA) is 143 Å². The summed E-state index contributed by atoms with van der Waals surface area (Å²) in [4.78, 5) is 44.2. The van der Waals surface area contributed by atoms with Gasteiger partial charge in [-0.05, 0) is 31.9 Å². The number of hydrogen-bond acceptors (Lipinski definition) is 11. The first kappa shape index (κ1) is 27.6. The van der Waals surface area contributed by atoms with Gasteiger partial charge in [-0.15, -0.1) is 11.3 Å². The lowest BCUT2D eigenvalue weighted by atomic mass is 10.2. The van der Waals surface area contributed by atoms with Crippen molar-refractivity contribution in [3.05, 3.63) is 35.0 Å². The molecule has 1 N–H and O–H groups in total. The average molecular weight is 577 g/mol. The highest BCUT2D eigenvalue weighted by molar-refractivity contribution is 7.92. The first-order chi connectivity index (χ1) is 18.7. The van der Waals surface area contributed by atoms with Crippen LogP contribution in [0.3, 0.4) is 0 Å². The maximum Gasteiger partial charge on any atom is 0.280 e. The lowest BCUT2D eigenvalue weighted by molar-refractivity contribution is -0.133. The predicted molar refractivity (Wildman–Crippen MR) is 144 cm³/mol. The van der Waals surface area contributed by atoms with Gasteiger partial charge in [0, 0.05) is 68.4 Å². The van der Waals surface area contributed by atoms with Crippen LogP contribution >= 0.6 is 11.3 Å². The second-order valence-electron chi connectivity index (χ2n) is 10.0. The molecule has 0 unspecified atom stereocenters. The summed E-state index contributed by atoms with van der Waals surface area (Å²) in [6.07, 6.45) is 4.72. The number of nitrogens with zero attached hydrogens (tertiary/aromatic N) is 5. The molecule has 0 bridgehead atoms.